The Kier molecular flexibility index (Phi) is 7.54. The highest BCUT2D eigenvalue weighted by atomic mass is 35.5. The number of benzene rings is 1. The molecule has 1 atom stereocenters. The second-order valence-corrected chi connectivity index (χ2v) is 3.24. The highest BCUT2D eigenvalue weighted by Crippen LogP contribution is 2.10. The molecule has 5 heteroatoms. The van der Waals surface area contributed by atoms with E-state index < -0.39 is 0 Å². The van der Waals surface area contributed by atoms with E-state index in [1.54, 1.807) is 7.05 Å². The largest absolute Gasteiger partial charge is 0.394 e. The van der Waals surface area contributed by atoms with E-state index in [0.29, 0.717) is 0 Å². The van der Waals surface area contributed by atoms with Crippen LogP contribution < -0.4 is 10.6 Å². The number of hydrogen-bond acceptors (Lipinski definition) is 3. The van der Waals surface area contributed by atoms with Crippen LogP contribution in [0.3, 0.4) is 0 Å². The molecule has 0 aliphatic heterocycles. The van der Waals surface area contributed by atoms with Crippen LogP contribution in [0.25, 0.3) is 0 Å². The minimum atomic E-state index is -0.327. The summed E-state index contributed by atoms with van der Waals surface area (Å²) in [7, 11) is 1.70. The molecule has 90 valence electrons. The van der Waals surface area contributed by atoms with Crippen molar-refractivity contribution in [2.75, 3.05) is 20.2 Å². The molecular weight excluding hydrogens is 228 g/mol. The highest BCUT2D eigenvalue weighted by Gasteiger charge is 2.11. The summed E-state index contributed by atoms with van der Waals surface area (Å²) in [4.78, 5) is 11.3. The zero-order valence-corrected chi connectivity index (χ0v) is 9.96. The molecular formula is C11H17ClN2O2. The zero-order valence-electron chi connectivity index (χ0n) is 9.14. The van der Waals surface area contributed by atoms with Gasteiger partial charge in [0.05, 0.1) is 19.2 Å². The van der Waals surface area contributed by atoms with Crippen LogP contribution in [0.1, 0.15) is 11.6 Å². The molecule has 1 aromatic carbocycles. The zero-order chi connectivity index (χ0) is 11.1. The van der Waals surface area contributed by atoms with Crippen molar-refractivity contribution in [3.8, 4) is 0 Å². The number of carbonyl (C=O) groups excluding carboxylic acids is 1. The average molecular weight is 245 g/mol. The maximum atomic E-state index is 11.3. The number of halogens is 1. The van der Waals surface area contributed by atoms with Gasteiger partial charge in [-0.3, -0.25) is 4.79 Å². The van der Waals surface area contributed by atoms with Gasteiger partial charge in [-0.05, 0) is 12.6 Å². The number of hydrogen-bond donors (Lipinski definition) is 3. The predicted molar refractivity (Wildman–Crippen MR) is 65.6 cm³/mol. The summed E-state index contributed by atoms with van der Waals surface area (Å²) in [5.41, 5.74) is 0.907. The van der Waals surface area contributed by atoms with Gasteiger partial charge < -0.3 is 15.7 Å². The monoisotopic (exact) mass is 244 g/mol. The Labute approximate surface area is 101 Å². The molecule has 0 aliphatic rings. The second-order valence-electron chi connectivity index (χ2n) is 3.24. The first-order valence-corrected chi connectivity index (χ1v) is 4.87. The molecule has 3 N–H and O–H groups in total. The van der Waals surface area contributed by atoms with Crippen LogP contribution in [0, 0.1) is 0 Å². The first kappa shape index (κ1) is 14.9. The van der Waals surface area contributed by atoms with Gasteiger partial charge in [0.2, 0.25) is 5.91 Å². The van der Waals surface area contributed by atoms with Crippen molar-refractivity contribution in [1.82, 2.24) is 10.6 Å². The van der Waals surface area contributed by atoms with Gasteiger partial charge in [-0.15, -0.1) is 12.4 Å². The predicted octanol–water partition coefficient (Wildman–Crippen LogP) is 0.477. The third kappa shape index (κ3) is 4.61. The summed E-state index contributed by atoms with van der Waals surface area (Å²) in [6.07, 6.45) is 0. The van der Waals surface area contributed by atoms with Crippen molar-refractivity contribution in [1.29, 1.82) is 0 Å². The Morgan fingerprint density at radius 2 is 2.00 bits per heavy atom. The molecule has 16 heavy (non-hydrogen) atoms. The topological polar surface area (TPSA) is 61.4 Å². The number of likely N-dealkylation sites (N-methyl/N-ethyl adjacent to an activating group) is 1. The highest BCUT2D eigenvalue weighted by molar-refractivity contribution is 5.85. The van der Waals surface area contributed by atoms with Crippen LogP contribution in [-0.2, 0) is 4.79 Å². The Balaban J connectivity index is 0.00000225. The lowest BCUT2D eigenvalue weighted by atomic mass is 10.1. The molecule has 0 radical (unpaired) electrons. The smallest absolute Gasteiger partial charge is 0.234 e. The van der Waals surface area contributed by atoms with E-state index >= 15 is 0 Å². The van der Waals surface area contributed by atoms with Crippen molar-refractivity contribution in [3.63, 3.8) is 0 Å². The summed E-state index contributed by atoms with van der Waals surface area (Å²) >= 11 is 0. The SMILES string of the molecule is CNCC(=O)N[C@H](CO)c1ccccc1.Cl. The van der Waals surface area contributed by atoms with Gasteiger partial charge in [0.15, 0.2) is 0 Å². The van der Waals surface area contributed by atoms with E-state index in [4.69, 9.17) is 5.11 Å². The lowest BCUT2D eigenvalue weighted by Gasteiger charge is -2.16. The van der Waals surface area contributed by atoms with E-state index in [9.17, 15) is 4.79 Å². The number of nitrogens with one attached hydrogen (secondary N) is 2. The molecule has 1 aromatic rings. The van der Waals surface area contributed by atoms with Crippen LogP contribution in [0.5, 0.6) is 0 Å². The molecule has 0 unspecified atom stereocenters. The lowest BCUT2D eigenvalue weighted by molar-refractivity contribution is -0.121. The van der Waals surface area contributed by atoms with Crippen LogP contribution in [0.4, 0.5) is 0 Å². The molecule has 0 saturated heterocycles. The van der Waals surface area contributed by atoms with Gasteiger partial charge in [0, 0.05) is 0 Å². The summed E-state index contributed by atoms with van der Waals surface area (Å²) in [5.74, 6) is -0.125. The minimum Gasteiger partial charge on any atom is -0.394 e. The van der Waals surface area contributed by atoms with Crippen LogP contribution in [-0.4, -0.2) is 31.2 Å². The molecule has 0 aromatic heterocycles. The average Bonchev–Trinajstić information content (AvgIpc) is 2.27. The van der Waals surface area contributed by atoms with Crippen LogP contribution >= 0.6 is 12.4 Å². The number of aliphatic hydroxyl groups is 1. The fraction of sp³-hybridized carbons (Fsp3) is 0.364. The summed E-state index contributed by atoms with van der Waals surface area (Å²) in [6, 6.07) is 9.07. The van der Waals surface area contributed by atoms with Crippen LogP contribution in [0.15, 0.2) is 30.3 Å². The first-order valence-electron chi connectivity index (χ1n) is 4.87. The van der Waals surface area contributed by atoms with Crippen molar-refractivity contribution < 1.29 is 9.90 Å². The van der Waals surface area contributed by atoms with Crippen LogP contribution in [0.2, 0.25) is 0 Å². The summed E-state index contributed by atoms with van der Waals surface area (Å²) in [5, 5.41) is 14.6. The van der Waals surface area contributed by atoms with Gasteiger partial charge in [-0.1, -0.05) is 30.3 Å². The van der Waals surface area contributed by atoms with E-state index in [0.717, 1.165) is 5.56 Å². The second kappa shape index (κ2) is 8.10. The van der Waals surface area contributed by atoms with Crippen molar-refractivity contribution in [3.05, 3.63) is 35.9 Å². The van der Waals surface area contributed by atoms with Gasteiger partial charge in [-0.25, -0.2) is 0 Å². The number of aliphatic hydroxyl groups excluding tert-OH is 1. The van der Waals surface area contributed by atoms with Gasteiger partial charge >= 0.3 is 0 Å². The third-order valence-electron chi connectivity index (χ3n) is 2.06. The van der Waals surface area contributed by atoms with E-state index in [-0.39, 0.29) is 37.5 Å². The molecule has 0 fully saturated rings. The van der Waals surface area contributed by atoms with E-state index in [1.165, 1.54) is 0 Å². The van der Waals surface area contributed by atoms with Gasteiger partial charge in [-0.2, -0.15) is 0 Å². The maximum Gasteiger partial charge on any atom is 0.234 e. The minimum absolute atomic E-state index is 0. The normalized spacial score (nSPS) is 11.4. The molecule has 4 nitrogen and oxygen atoms in total. The number of carbonyl (C=O) groups is 1. The molecule has 1 rings (SSSR count). The Morgan fingerprint density at radius 3 is 2.50 bits per heavy atom. The Bertz CT molecular complexity index is 306. The molecule has 0 bridgehead atoms. The molecule has 1 amide bonds. The first-order chi connectivity index (χ1) is 7.27. The van der Waals surface area contributed by atoms with Crippen molar-refractivity contribution >= 4 is 18.3 Å². The van der Waals surface area contributed by atoms with E-state index in [1.807, 2.05) is 30.3 Å². The molecule has 0 heterocycles. The quantitative estimate of drug-likeness (QED) is 0.706. The Morgan fingerprint density at radius 1 is 1.38 bits per heavy atom. The summed E-state index contributed by atoms with van der Waals surface area (Å²) < 4.78 is 0. The summed E-state index contributed by atoms with van der Waals surface area (Å²) in [6.45, 7) is 0.156. The Hall–Kier alpha value is -1.10. The molecule has 0 spiro atoms. The fourth-order valence-electron chi connectivity index (χ4n) is 1.33. The van der Waals surface area contributed by atoms with Gasteiger partial charge in [0.25, 0.3) is 0 Å². The standard InChI is InChI=1S/C11H16N2O2.ClH/c1-12-7-11(15)13-10(8-14)9-5-3-2-4-6-9;/h2-6,10,12,14H,7-8H2,1H3,(H,13,15);1H/t10-;/m1./s1. The lowest BCUT2D eigenvalue weighted by Crippen LogP contribution is -2.36. The maximum absolute atomic E-state index is 11.3. The van der Waals surface area contributed by atoms with Crippen molar-refractivity contribution in [2.24, 2.45) is 0 Å². The fourth-order valence-corrected chi connectivity index (χ4v) is 1.33. The van der Waals surface area contributed by atoms with Gasteiger partial charge in [0.1, 0.15) is 0 Å². The van der Waals surface area contributed by atoms with E-state index in [2.05, 4.69) is 10.6 Å². The number of rotatable bonds is 5. The molecule has 0 saturated carbocycles. The third-order valence-corrected chi connectivity index (χ3v) is 2.06. The van der Waals surface area contributed by atoms with Crippen molar-refractivity contribution in [2.45, 2.75) is 6.04 Å². The molecule has 0 aliphatic carbocycles. The number of amides is 1.